The van der Waals surface area contributed by atoms with Gasteiger partial charge in [-0.1, -0.05) is 13.8 Å². The number of ether oxygens (including phenoxy) is 3. The van der Waals surface area contributed by atoms with Gasteiger partial charge in [0, 0.05) is 7.11 Å². The number of hydrogen-bond acceptors (Lipinski definition) is 4. The Kier molecular flexibility index (Phi) is 3.55. The van der Waals surface area contributed by atoms with Gasteiger partial charge in [-0.05, 0) is 44.3 Å². The summed E-state index contributed by atoms with van der Waals surface area (Å²) in [6, 6.07) is 0. The van der Waals surface area contributed by atoms with Crippen LogP contribution in [-0.2, 0) is 19.0 Å². The van der Waals surface area contributed by atoms with E-state index in [1.165, 1.54) is 0 Å². The van der Waals surface area contributed by atoms with Crippen molar-refractivity contribution in [2.45, 2.75) is 63.9 Å². The van der Waals surface area contributed by atoms with Crippen molar-refractivity contribution in [3.63, 3.8) is 0 Å². The summed E-state index contributed by atoms with van der Waals surface area (Å²) < 4.78 is 17.4. The number of ketones is 1. The summed E-state index contributed by atoms with van der Waals surface area (Å²) in [6.07, 6.45) is 3.62. The lowest BCUT2D eigenvalue weighted by molar-refractivity contribution is -0.132. The van der Waals surface area contributed by atoms with Crippen LogP contribution in [0.2, 0.25) is 0 Å². The fourth-order valence-electron chi connectivity index (χ4n) is 3.95. The van der Waals surface area contributed by atoms with Crippen LogP contribution in [0, 0.1) is 11.8 Å². The molecule has 2 fully saturated rings. The summed E-state index contributed by atoms with van der Waals surface area (Å²) in [5.74, 6) is 0.669. The Morgan fingerprint density at radius 2 is 2.14 bits per heavy atom. The maximum Gasteiger partial charge on any atom is 0.184 e. The molecule has 2 saturated heterocycles. The summed E-state index contributed by atoms with van der Waals surface area (Å²) >= 11 is 0. The van der Waals surface area contributed by atoms with Gasteiger partial charge in [0.1, 0.15) is 17.3 Å². The molecule has 0 bridgehead atoms. The molecule has 3 rings (SSSR count). The number of methoxy groups -OCH3 is 1. The molecule has 0 aromatic heterocycles. The number of epoxide rings is 2. The second-order valence-electron chi connectivity index (χ2n) is 7.30. The number of carbonyl (C=O) groups is 1. The molecule has 0 amide bonds. The van der Waals surface area contributed by atoms with Gasteiger partial charge in [0.25, 0.3) is 0 Å². The van der Waals surface area contributed by atoms with Crippen LogP contribution in [0.15, 0.2) is 11.6 Å². The van der Waals surface area contributed by atoms with Gasteiger partial charge in [-0.15, -0.1) is 0 Å². The summed E-state index contributed by atoms with van der Waals surface area (Å²) in [6.45, 7) is 9.21. The maximum atomic E-state index is 12.3. The minimum Gasteiger partial charge on any atom is -0.373 e. The van der Waals surface area contributed by atoms with Gasteiger partial charge < -0.3 is 14.2 Å². The Balaban J connectivity index is 1.83. The van der Waals surface area contributed by atoms with Crippen LogP contribution in [0.5, 0.6) is 0 Å². The molecule has 2 heterocycles. The van der Waals surface area contributed by atoms with Gasteiger partial charge in [0.05, 0.1) is 18.6 Å². The third-order valence-electron chi connectivity index (χ3n) is 5.42. The van der Waals surface area contributed by atoms with Crippen molar-refractivity contribution in [3.05, 3.63) is 11.6 Å². The van der Waals surface area contributed by atoms with Crippen LogP contribution in [0.3, 0.4) is 0 Å². The molecule has 4 heteroatoms. The second kappa shape index (κ2) is 4.90. The smallest absolute Gasteiger partial charge is 0.184 e. The molecule has 5 atom stereocenters. The lowest BCUT2D eigenvalue weighted by Crippen LogP contribution is -2.52. The molecule has 1 aliphatic carbocycles. The van der Waals surface area contributed by atoms with Crippen molar-refractivity contribution in [3.8, 4) is 0 Å². The Bertz CT molecular complexity index is 477. The molecule has 1 unspecified atom stereocenters. The molecular formula is C17H26O4. The summed E-state index contributed by atoms with van der Waals surface area (Å²) in [5.41, 5.74) is 0.373. The Hall–Kier alpha value is -0.710. The predicted molar refractivity (Wildman–Crippen MR) is 79.1 cm³/mol. The van der Waals surface area contributed by atoms with E-state index in [4.69, 9.17) is 14.2 Å². The molecule has 3 aliphatic rings. The number of rotatable bonds is 5. The minimum absolute atomic E-state index is 0.0373. The number of hydrogen-bond donors (Lipinski definition) is 0. The van der Waals surface area contributed by atoms with E-state index >= 15 is 0 Å². The normalized spacial score (nSPS) is 45.1. The highest BCUT2D eigenvalue weighted by Crippen LogP contribution is 2.59. The fourth-order valence-corrected chi connectivity index (χ4v) is 3.95. The van der Waals surface area contributed by atoms with E-state index < -0.39 is 6.10 Å². The van der Waals surface area contributed by atoms with Gasteiger partial charge in [0.15, 0.2) is 5.78 Å². The predicted octanol–water partition coefficient (Wildman–Crippen LogP) is 2.51. The molecule has 2 aliphatic heterocycles. The molecular weight excluding hydrogens is 268 g/mol. The molecule has 1 spiro atoms. The highest BCUT2D eigenvalue weighted by molar-refractivity contribution is 5.96. The van der Waals surface area contributed by atoms with Crippen LogP contribution in [0.25, 0.3) is 0 Å². The van der Waals surface area contributed by atoms with Crippen molar-refractivity contribution in [1.82, 2.24) is 0 Å². The van der Waals surface area contributed by atoms with Crippen LogP contribution < -0.4 is 0 Å². The molecule has 4 nitrogen and oxygen atoms in total. The zero-order valence-corrected chi connectivity index (χ0v) is 13.6. The molecule has 118 valence electrons. The average Bonchev–Trinajstić information content (AvgIpc) is 3.30. The first-order chi connectivity index (χ1) is 9.85. The Labute approximate surface area is 126 Å². The zero-order chi connectivity index (χ0) is 15.4. The zero-order valence-electron chi connectivity index (χ0n) is 13.6. The standard InChI is InChI=1S/C17H26O4/c1-10(2)6-7-13-16(4,21-13)15-14(19-5)12(18)8-11(3)17(15)9-20-17/h8,10,13-15H,6-7,9H2,1-5H3/t13-,14-,15-,16?,17-/m1/s1. The molecule has 0 aromatic carbocycles. The van der Waals surface area contributed by atoms with E-state index in [1.54, 1.807) is 13.2 Å². The summed E-state index contributed by atoms with van der Waals surface area (Å²) in [5, 5.41) is 0. The van der Waals surface area contributed by atoms with Crippen LogP contribution in [0.1, 0.15) is 40.5 Å². The monoisotopic (exact) mass is 294 g/mol. The quantitative estimate of drug-likeness (QED) is 0.731. The lowest BCUT2D eigenvalue weighted by Gasteiger charge is -2.36. The van der Waals surface area contributed by atoms with Gasteiger partial charge in [0.2, 0.25) is 0 Å². The molecule has 0 aromatic rings. The average molecular weight is 294 g/mol. The first kappa shape index (κ1) is 15.2. The van der Waals surface area contributed by atoms with Crippen molar-refractivity contribution in [2.75, 3.05) is 13.7 Å². The highest BCUT2D eigenvalue weighted by atomic mass is 16.6. The summed E-state index contributed by atoms with van der Waals surface area (Å²) in [4.78, 5) is 12.3. The molecule has 0 radical (unpaired) electrons. The van der Waals surface area contributed by atoms with E-state index in [1.807, 2.05) is 6.92 Å². The largest absolute Gasteiger partial charge is 0.373 e. The van der Waals surface area contributed by atoms with Crippen molar-refractivity contribution >= 4 is 5.78 Å². The van der Waals surface area contributed by atoms with Gasteiger partial charge in [-0.3, -0.25) is 4.79 Å². The first-order valence-electron chi connectivity index (χ1n) is 7.92. The SMILES string of the molecule is CO[C@@H]1C(=O)C=C(C)[C@]2(CO2)[C@H]1C1(C)O[C@@H]1CCC(C)C. The Morgan fingerprint density at radius 1 is 1.48 bits per heavy atom. The maximum absolute atomic E-state index is 12.3. The lowest BCUT2D eigenvalue weighted by atomic mass is 9.68. The molecule has 0 saturated carbocycles. The Morgan fingerprint density at radius 3 is 2.67 bits per heavy atom. The van der Waals surface area contributed by atoms with Crippen LogP contribution in [0.4, 0.5) is 0 Å². The van der Waals surface area contributed by atoms with Gasteiger partial charge in [-0.25, -0.2) is 0 Å². The summed E-state index contributed by atoms with van der Waals surface area (Å²) in [7, 11) is 1.61. The van der Waals surface area contributed by atoms with Crippen molar-refractivity contribution in [1.29, 1.82) is 0 Å². The van der Waals surface area contributed by atoms with E-state index in [0.29, 0.717) is 12.5 Å². The van der Waals surface area contributed by atoms with Crippen LogP contribution >= 0.6 is 0 Å². The number of carbonyl (C=O) groups excluding carboxylic acids is 1. The van der Waals surface area contributed by atoms with Crippen molar-refractivity contribution in [2.24, 2.45) is 11.8 Å². The molecule has 21 heavy (non-hydrogen) atoms. The fraction of sp³-hybridized carbons (Fsp3) is 0.824. The third-order valence-corrected chi connectivity index (χ3v) is 5.42. The van der Waals surface area contributed by atoms with Gasteiger partial charge >= 0.3 is 0 Å². The second-order valence-corrected chi connectivity index (χ2v) is 7.30. The van der Waals surface area contributed by atoms with E-state index in [0.717, 1.165) is 18.4 Å². The molecule has 0 N–H and O–H groups in total. The first-order valence-corrected chi connectivity index (χ1v) is 7.92. The van der Waals surface area contributed by atoms with Crippen molar-refractivity contribution < 1.29 is 19.0 Å². The van der Waals surface area contributed by atoms with E-state index in [2.05, 4.69) is 20.8 Å². The van der Waals surface area contributed by atoms with Crippen LogP contribution in [-0.4, -0.2) is 42.9 Å². The highest BCUT2D eigenvalue weighted by Gasteiger charge is 2.72. The minimum atomic E-state index is -0.453. The van der Waals surface area contributed by atoms with Gasteiger partial charge in [-0.2, -0.15) is 0 Å². The van der Waals surface area contributed by atoms with E-state index in [9.17, 15) is 4.79 Å². The third kappa shape index (κ3) is 2.28. The van der Waals surface area contributed by atoms with E-state index in [-0.39, 0.29) is 29.0 Å². The topological polar surface area (TPSA) is 51.4 Å².